The number of halogens is 1. The fraction of sp³-hybridized carbons (Fsp3) is 0. The van der Waals surface area contributed by atoms with E-state index >= 15 is 0 Å². The molecule has 0 aromatic heterocycles. The molecule has 1 aromatic rings. The summed E-state index contributed by atoms with van der Waals surface area (Å²) in [5.74, 6) is 0. The Hall–Kier alpha value is 0.427. The van der Waals surface area contributed by atoms with Gasteiger partial charge in [-0.15, -0.1) is 0 Å². The third kappa shape index (κ3) is 2.23. The predicted octanol–water partition coefficient (Wildman–Crippen LogP) is 0.634. The van der Waals surface area contributed by atoms with Crippen LogP contribution in [0.1, 0.15) is 0 Å². The minimum absolute atomic E-state index is 0.691. The first kappa shape index (κ1) is 8.52. The van der Waals surface area contributed by atoms with Crippen molar-refractivity contribution in [2.75, 3.05) is 0 Å². The summed E-state index contributed by atoms with van der Waals surface area (Å²) in [5, 5.41) is 0.691. The normalized spacial score (nSPS) is 13.1. The van der Waals surface area contributed by atoms with Crippen LogP contribution in [0.3, 0.4) is 0 Å². The van der Waals surface area contributed by atoms with Crippen molar-refractivity contribution >= 4 is 43.5 Å². The van der Waals surface area contributed by atoms with Gasteiger partial charge in [-0.25, -0.2) is 0 Å². The monoisotopic (exact) mass is 214 g/mol. The van der Waals surface area contributed by atoms with Crippen LogP contribution in [-0.2, 0) is 3.83 Å². The molecular formula is C6H4ClLiOSe. The van der Waals surface area contributed by atoms with Gasteiger partial charge in [0.2, 0.25) is 0 Å². The number of rotatable bonds is 1. The van der Waals surface area contributed by atoms with Crippen molar-refractivity contribution in [3.63, 3.8) is 0 Å². The summed E-state index contributed by atoms with van der Waals surface area (Å²) in [4.78, 5) is 0. The Morgan fingerprint density at radius 2 is 1.80 bits per heavy atom. The van der Waals surface area contributed by atoms with E-state index in [1.54, 1.807) is 40.0 Å². The third-order valence-corrected chi connectivity index (χ3v) is 3.36. The first-order valence-corrected chi connectivity index (χ1v) is 6.44. The van der Waals surface area contributed by atoms with E-state index in [2.05, 4.69) is 0 Å². The zero-order chi connectivity index (χ0) is 7.56. The van der Waals surface area contributed by atoms with Crippen molar-refractivity contribution < 1.29 is 3.83 Å². The summed E-state index contributed by atoms with van der Waals surface area (Å²) in [6.07, 6.45) is 0. The number of hydrogen-bond donors (Lipinski definition) is 0. The van der Waals surface area contributed by atoms with Crippen molar-refractivity contribution in [3.8, 4) is 0 Å². The van der Waals surface area contributed by atoms with Crippen molar-refractivity contribution in [2.45, 2.75) is 0 Å². The molecule has 0 saturated heterocycles. The molecule has 1 atom stereocenters. The second-order valence-electron chi connectivity index (χ2n) is 1.91. The Bertz CT molecular complexity index is 246. The van der Waals surface area contributed by atoms with Gasteiger partial charge >= 0.3 is 76.6 Å². The third-order valence-electron chi connectivity index (χ3n) is 1.15. The summed E-state index contributed by atoms with van der Waals surface area (Å²) < 4.78 is 11.8. The molecule has 0 radical (unpaired) electrons. The molecule has 4 heteroatoms. The average molecular weight is 213 g/mol. The molecular weight excluding hydrogens is 209 g/mol. The first-order chi connectivity index (χ1) is 4.70. The molecule has 0 fully saturated rings. The molecule has 0 aliphatic heterocycles. The molecule has 10 heavy (non-hydrogen) atoms. The summed E-state index contributed by atoms with van der Waals surface area (Å²) in [6, 6.07) is 7.13. The molecule has 48 valence electrons. The maximum absolute atomic E-state index is 10.9. The quantitative estimate of drug-likeness (QED) is 0.626. The van der Waals surface area contributed by atoms with Gasteiger partial charge in [0.15, 0.2) is 0 Å². The van der Waals surface area contributed by atoms with E-state index < -0.39 is 11.6 Å². The molecule has 0 N–H and O–H groups in total. The predicted molar refractivity (Wildman–Crippen MR) is 43.3 cm³/mol. The Morgan fingerprint density at radius 1 is 1.30 bits per heavy atom. The van der Waals surface area contributed by atoms with Gasteiger partial charge in [0, 0.05) is 0 Å². The van der Waals surface area contributed by atoms with E-state index in [9.17, 15) is 3.83 Å². The van der Waals surface area contributed by atoms with Gasteiger partial charge in [0.1, 0.15) is 0 Å². The number of benzene rings is 1. The summed E-state index contributed by atoms with van der Waals surface area (Å²) in [6.45, 7) is 0. The van der Waals surface area contributed by atoms with E-state index in [0.29, 0.717) is 5.02 Å². The second kappa shape index (κ2) is 3.71. The summed E-state index contributed by atoms with van der Waals surface area (Å²) in [7, 11) is 0. The van der Waals surface area contributed by atoms with Crippen LogP contribution < -0.4 is 4.46 Å². The standard InChI is InChI=1S/C6H4ClOSe.Li/c7-5-1-3-6(9-8)4-2-5;/h1-4H;/q+1;-1. The fourth-order valence-electron chi connectivity index (χ4n) is 0.626. The molecule has 1 aromatic carbocycles. The summed E-state index contributed by atoms with van der Waals surface area (Å²) in [5.41, 5.74) is 0. The van der Waals surface area contributed by atoms with E-state index in [4.69, 9.17) is 11.6 Å². The van der Waals surface area contributed by atoms with Gasteiger partial charge < -0.3 is 0 Å². The van der Waals surface area contributed by atoms with Crippen LogP contribution in [0.4, 0.5) is 0 Å². The first-order valence-electron chi connectivity index (χ1n) is 2.79. The zero-order valence-electron chi connectivity index (χ0n) is 5.50. The Labute approximate surface area is 76.4 Å². The van der Waals surface area contributed by atoms with Crippen LogP contribution in [-0.4, -0.2) is 27.4 Å². The van der Waals surface area contributed by atoms with E-state index in [1.165, 1.54) is 0 Å². The second-order valence-corrected chi connectivity index (χ2v) is 5.24. The molecule has 0 bridgehead atoms. The van der Waals surface area contributed by atoms with Gasteiger partial charge in [-0.05, 0) is 0 Å². The molecule has 0 saturated carbocycles. The molecule has 0 amide bonds. The molecule has 1 unspecified atom stereocenters. The Morgan fingerprint density at radius 3 is 2.20 bits per heavy atom. The zero-order valence-corrected chi connectivity index (χ0v) is 7.97. The van der Waals surface area contributed by atoms with Crippen LogP contribution in [0.25, 0.3) is 0 Å². The van der Waals surface area contributed by atoms with Gasteiger partial charge in [-0.2, -0.15) is 0 Å². The summed E-state index contributed by atoms with van der Waals surface area (Å²) >= 11 is 5.63. The topological polar surface area (TPSA) is 17.1 Å². The Balaban J connectivity index is 3.00. The van der Waals surface area contributed by atoms with E-state index in [-0.39, 0.29) is 0 Å². The number of hydrogen-bond acceptors (Lipinski definition) is 1. The average Bonchev–Trinajstić information content (AvgIpc) is 1.88. The van der Waals surface area contributed by atoms with Crippen molar-refractivity contribution in [1.29, 1.82) is 0 Å². The van der Waals surface area contributed by atoms with Crippen molar-refractivity contribution in [3.05, 3.63) is 29.3 Å². The van der Waals surface area contributed by atoms with E-state index in [1.807, 2.05) is 0 Å². The van der Waals surface area contributed by atoms with Gasteiger partial charge in [-0.1, -0.05) is 0 Å². The van der Waals surface area contributed by atoms with Gasteiger partial charge in [0.25, 0.3) is 0 Å². The fourth-order valence-corrected chi connectivity index (χ4v) is 1.84. The van der Waals surface area contributed by atoms with Crippen LogP contribution in [0.2, 0.25) is 5.02 Å². The van der Waals surface area contributed by atoms with E-state index in [0.717, 1.165) is 4.46 Å². The van der Waals surface area contributed by atoms with Crippen LogP contribution in [0, 0.1) is 0 Å². The molecule has 0 aliphatic carbocycles. The molecule has 0 spiro atoms. The molecule has 1 nitrogen and oxygen atoms in total. The van der Waals surface area contributed by atoms with Gasteiger partial charge in [-0.3, -0.25) is 0 Å². The SMILES string of the molecule is [Li][Se](=O)c1ccc(Cl)cc1. The van der Waals surface area contributed by atoms with Crippen LogP contribution in [0.5, 0.6) is 0 Å². The van der Waals surface area contributed by atoms with Crippen molar-refractivity contribution in [2.24, 2.45) is 0 Å². The van der Waals surface area contributed by atoms with Gasteiger partial charge in [0.05, 0.1) is 0 Å². The maximum atomic E-state index is 10.9. The molecule has 1 rings (SSSR count). The Kier molecular flexibility index (Phi) is 3.16. The molecule has 0 heterocycles. The van der Waals surface area contributed by atoms with Crippen LogP contribution in [0.15, 0.2) is 24.3 Å². The van der Waals surface area contributed by atoms with Crippen molar-refractivity contribution in [1.82, 2.24) is 0 Å². The minimum atomic E-state index is -1.74. The van der Waals surface area contributed by atoms with Crippen LogP contribution >= 0.6 is 11.6 Å². The molecule has 0 aliphatic rings.